The van der Waals surface area contributed by atoms with Crippen LogP contribution in [-0.2, 0) is 6.54 Å². The van der Waals surface area contributed by atoms with Gasteiger partial charge in [-0.3, -0.25) is 14.2 Å². The lowest BCUT2D eigenvalue weighted by molar-refractivity contribution is 0.103. The number of nitrogens with zero attached hydrogens (tertiary/aromatic N) is 2. The smallest absolute Gasteiger partial charge is 0.271 e. The Hall–Kier alpha value is -3.92. The molecular formula is C27H27FN2O4. The third-order valence-corrected chi connectivity index (χ3v) is 5.66. The van der Waals surface area contributed by atoms with Crippen LogP contribution in [0.5, 0.6) is 11.6 Å². The number of aromatic hydroxyl groups is 1. The van der Waals surface area contributed by atoms with Crippen molar-refractivity contribution in [1.29, 1.82) is 5.26 Å². The first kappa shape index (κ1) is 24.7. The minimum absolute atomic E-state index is 0.113. The molecule has 2 aromatic carbocycles. The van der Waals surface area contributed by atoms with Gasteiger partial charge in [0.05, 0.1) is 18.7 Å². The predicted octanol–water partition coefficient (Wildman–Crippen LogP) is 5.11. The number of benzene rings is 2. The zero-order chi connectivity index (χ0) is 24.7. The van der Waals surface area contributed by atoms with Crippen LogP contribution in [-0.4, -0.2) is 22.1 Å². The highest BCUT2D eigenvalue weighted by Gasteiger charge is 2.25. The van der Waals surface area contributed by atoms with Crippen LogP contribution in [0.3, 0.4) is 0 Å². The molecule has 34 heavy (non-hydrogen) atoms. The van der Waals surface area contributed by atoms with Gasteiger partial charge in [0.2, 0.25) is 5.88 Å². The summed E-state index contributed by atoms with van der Waals surface area (Å²) in [6.45, 7) is 4.07. The quantitative estimate of drug-likeness (QED) is 0.334. The maximum Gasteiger partial charge on any atom is 0.271 e. The topological polar surface area (TPSA) is 92.3 Å². The van der Waals surface area contributed by atoms with E-state index < -0.39 is 23.0 Å². The number of carbonyl (C=O) groups excluding carboxylic acids is 1. The van der Waals surface area contributed by atoms with Gasteiger partial charge in [-0.25, -0.2) is 4.39 Å². The van der Waals surface area contributed by atoms with Gasteiger partial charge < -0.3 is 9.84 Å². The Morgan fingerprint density at radius 1 is 1.09 bits per heavy atom. The minimum Gasteiger partial charge on any atom is -0.494 e. The normalized spacial score (nSPS) is 10.6. The number of pyridine rings is 1. The Bertz CT molecular complexity index is 1260. The second-order valence-corrected chi connectivity index (χ2v) is 8.09. The fourth-order valence-electron chi connectivity index (χ4n) is 3.71. The molecule has 7 heteroatoms. The van der Waals surface area contributed by atoms with Crippen LogP contribution >= 0.6 is 0 Å². The third-order valence-electron chi connectivity index (χ3n) is 5.66. The molecule has 6 nitrogen and oxygen atoms in total. The van der Waals surface area contributed by atoms with Gasteiger partial charge in [0.1, 0.15) is 23.2 Å². The lowest BCUT2D eigenvalue weighted by Crippen LogP contribution is -2.27. The third kappa shape index (κ3) is 5.52. The summed E-state index contributed by atoms with van der Waals surface area (Å²) in [6, 6.07) is 13.8. The number of hydrogen-bond donors (Lipinski definition) is 1. The predicted molar refractivity (Wildman–Crippen MR) is 127 cm³/mol. The van der Waals surface area contributed by atoms with Gasteiger partial charge in [-0.05, 0) is 60.9 Å². The molecule has 3 rings (SSSR count). The molecule has 0 saturated heterocycles. The maximum absolute atomic E-state index is 13.3. The Kier molecular flexibility index (Phi) is 8.20. The summed E-state index contributed by atoms with van der Waals surface area (Å²) in [6.07, 6.45) is 4.36. The highest BCUT2D eigenvalue weighted by molar-refractivity contribution is 6.11. The number of aromatic nitrogens is 1. The Balaban J connectivity index is 1.91. The van der Waals surface area contributed by atoms with E-state index in [9.17, 15) is 24.3 Å². The molecular weight excluding hydrogens is 435 g/mol. The molecule has 0 atom stereocenters. The van der Waals surface area contributed by atoms with Crippen molar-refractivity contribution in [3.05, 3.63) is 92.5 Å². The number of unbranched alkanes of at least 4 members (excludes halogenated alkanes) is 3. The molecule has 0 amide bonds. The van der Waals surface area contributed by atoms with Crippen LogP contribution in [0.15, 0.2) is 53.3 Å². The van der Waals surface area contributed by atoms with Crippen molar-refractivity contribution in [2.75, 3.05) is 6.61 Å². The molecule has 0 aliphatic carbocycles. The fraction of sp³-hybridized carbons (Fsp3) is 0.296. The first-order chi connectivity index (χ1) is 16.4. The van der Waals surface area contributed by atoms with Crippen LogP contribution in [0.25, 0.3) is 0 Å². The van der Waals surface area contributed by atoms with Gasteiger partial charge in [-0.1, -0.05) is 38.3 Å². The molecule has 0 bridgehead atoms. The Labute approximate surface area is 197 Å². The van der Waals surface area contributed by atoms with E-state index in [1.54, 1.807) is 24.3 Å². The minimum atomic E-state index is -0.717. The van der Waals surface area contributed by atoms with Crippen molar-refractivity contribution < 1.29 is 19.0 Å². The summed E-state index contributed by atoms with van der Waals surface area (Å²) in [5.41, 5.74) is -0.133. The van der Waals surface area contributed by atoms with Crippen molar-refractivity contribution in [3.8, 4) is 17.7 Å². The first-order valence-electron chi connectivity index (χ1n) is 11.3. The Morgan fingerprint density at radius 3 is 2.38 bits per heavy atom. The van der Waals surface area contributed by atoms with Crippen molar-refractivity contribution in [3.63, 3.8) is 0 Å². The zero-order valence-corrected chi connectivity index (χ0v) is 19.3. The van der Waals surface area contributed by atoms with Gasteiger partial charge in [0.15, 0.2) is 5.78 Å². The molecule has 0 saturated carbocycles. The van der Waals surface area contributed by atoms with Gasteiger partial charge in [-0.15, -0.1) is 0 Å². The summed E-state index contributed by atoms with van der Waals surface area (Å²) < 4.78 is 19.9. The summed E-state index contributed by atoms with van der Waals surface area (Å²) in [4.78, 5) is 26.1. The zero-order valence-electron chi connectivity index (χ0n) is 19.3. The van der Waals surface area contributed by atoms with E-state index in [2.05, 4.69) is 6.92 Å². The monoisotopic (exact) mass is 462 g/mol. The maximum atomic E-state index is 13.3. The highest BCUT2D eigenvalue weighted by atomic mass is 19.1. The second kappa shape index (κ2) is 11.3. The van der Waals surface area contributed by atoms with Crippen molar-refractivity contribution in [2.45, 2.75) is 46.1 Å². The number of rotatable bonds is 10. The van der Waals surface area contributed by atoms with E-state index in [4.69, 9.17) is 4.74 Å². The number of ether oxygens (including phenoxy) is 1. The van der Waals surface area contributed by atoms with Gasteiger partial charge in [-0.2, -0.15) is 5.26 Å². The lowest BCUT2D eigenvalue weighted by Gasteiger charge is -2.16. The van der Waals surface area contributed by atoms with Gasteiger partial charge in [0.25, 0.3) is 5.56 Å². The molecule has 0 aliphatic rings. The standard InChI is InChI=1S/C27H27FN2O4/c1-3-4-5-6-15-34-22-13-9-20(10-14-22)25(31)24-18(2)23(16-29)26(32)30(27(24)33)17-19-7-11-21(28)12-8-19/h7-14,33H,3-6,15,17H2,1-2H3. The number of ketones is 1. The van der Waals surface area contributed by atoms with Gasteiger partial charge in [0, 0.05) is 5.56 Å². The largest absolute Gasteiger partial charge is 0.494 e. The highest BCUT2D eigenvalue weighted by Crippen LogP contribution is 2.26. The van der Waals surface area contributed by atoms with E-state index in [0.29, 0.717) is 17.9 Å². The lowest BCUT2D eigenvalue weighted by atomic mass is 9.97. The number of carbonyl (C=O) groups is 1. The van der Waals surface area contributed by atoms with Crippen molar-refractivity contribution in [2.24, 2.45) is 0 Å². The SMILES string of the molecule is CCCCCCOc1ccc(C(=O)c2c(C)c(C#N)c(=O)n(Cc3ccc(F)cc3)c2O)cc1. The van der Waals surface area contributed by atoms with Crippen LogP contribution in [0.1, 0.15) is 65.2 Å². The summed E-state index contributed by atoms with van der Waals surface area (Å²) >= 11 is 0. The molecule has 1 aromatic heterocycles. The average molecular weight is 463 g/mol. The molecule has 0 spiro atoms. The van der Waals surface area contributed by atoms with E-state index >= 15 is 0 Å². The molecule has 0 radical (unpaired) electrons. The van der Waals surface area contributed by atoms with E-state index in [1.807, 2.05) is 6.07 Å². The van der Waals surface area contributed by atoms with Crippen LogP contribution in [0.4, 0.5) is 4.39 Å². The summed E-state index contributed by atoms with van der Waals surface area (Å²) in [7, 11) is 0. The molecule has 0 fully saturated rings. The van der Waals surface area contributed by atoms with Crippen molar-refractivity contribution >= 4 is 5.78 Å². The summed E-state index contributed by atoms with van der Waals surface area (Å²) in [5, 5.41) is 20.4. The molecule has 1 heterocycles. The molecule has 0 unspecified atom stereocenters. The van der Waals surface area contributed by atoms with Gasteiger partial charge >= 0.3 is 0 Å². The van der Waals surface area contributed by atoms with Crippen LogP contribution in [0, 0.1) is 24.1 Å². The molecule has 3 aromatic rings. The summed E-state index contributed by atoms with van der Waals surface area (Å²) in [5.74, 6) is -0.861. The number of halogens is 1. The molecule has 1 N–H and O–H groups in total. The fourth-order valence-corrected chi connectivity index (χ4v) is 3.71. The van der Waals surface area contributed by atoms with E-state index in [1.165, 1.54) is 31.2 Å². The number of hydrogen-bond acceptors (Lipinski definition) is 5. The average Bonchev–Trinajstić information content (AvgIpc) is 2.83. The first-order valence-corrected chi connectivity index (χ1v) is 11.3. The Morgan fingerprint density at radius 2 is 1.76 bits per heavy atom. The molecule has 0 aliphatic heterocycles. The number of nitriles is 1. The van der Waals surface area contributed by atoms with E-state index in [-0.39, 0.29) is 28.8 Å². The molecule has 176 valence electrons. The van der Waals surface area contributed by atoms with E-state index in [0.717, 1.165) is 30.3 Å². The van der Waals surface area contributed by atoms with Crippen LogP contribution < -0.4 is 10.3 Å². The van der Waals surface area contributed by atoms with Crippen molar-refractivity contribution in [1.82, 2.24) is 4.57 Å². The second-order valence-electron chi connectivity index (χ2n) is 8.09. The van der Waals surface area contributed by atoms with Crippen LogP contribution in [0.2, 0.25) is 0 Å².